The highest BCUT2D eigenvalue weighted by atomic mass is 28.4. The first-order chi connectivity index (χ1) is 13.1. The smallest absolute Gasteiger partial charge is 0.410 e. The normalized spacial score (nSPS) is 21.0. The molecule has 1 heterocycles. The second-order valence-corrected chi connectivity index (χ2v) is 15.9. The fraction of sp³-hybridized carbons (Fsp3) is 0.708. The standard InChI is InChI=1S/C24H41NO3Si/c1-17(2)19-13-11-12-14-20(19)21-15-18(28-29(9,10)24(6,7)8)16-25(21)22(26)27-23(3,4)5/h11-14,17-18,21H,15-16H2,1-10H3/t18-,21+/m1/s1. The summed E-state index contributed by atoms with van der Waals surface area (Å²) in [7, 11) is -1.93. The first-order valence-electron chi connectivity index (χ1n) is 10.9. The zero-order valence-corrected chi connectivity index (χ0v) is 21.1. The Bertz CT molecular complexity index is 716. The molecule has 1 aliphatic rings. The second kappa shape index (κ2) is 8.42. The van der Waals surface area contributed by atoms with E-state index >= 15 is 0 Å². The van der Waals surface area contributed by atoms with Crippen molar-refractivity contribution in [1.29, 1.82) is 0 Å². The van der Waals surface area contributed by atoms with Gasteiger partial charge in [0.1, 0.15) is 5.60 Å². The molecule has 1 aromatic carbocycles. The van der Waals surface area contributed by atoms with Crippen molar-refractivity contribution in [2.75, 3.05) is 6.54 Å². The highest BCUT2D eigenvalue weighted by molar-refractivity contribution is 6.74. The predicted octanol–water partition coefficient (Wildman–Crippen LogP) is 6.88. The van der Waals surface area contributed by atoms with E-state index in [1.807, 2.05) is 25.7 Å². The van der Waals surface area contributed by atoms with Crippen LogP contribution >= 0.6 is 0 Å². The molecule has 1 aliphatic heterocycles. The molecule has 0 unspecified atom stereocenters. The van der Waals surface area contributed by atoms with Gasteiger partial charge >= 0.3 is 6.09 Å². The number of carbonyl (C=O) groups excluding carboxylic acids is 1. The predicted molar refractivity (Wildman–Crippen MR) is 123 cm³/mol. The topological polar surface area (TPSA) is 38.8 Å². The third kappa shape index (κ3) is 5.85. The van der Waals surface area contributed by atoms with Crippen molar-refractivity contribution in [2.24, 2.45) is 0 Å². The van der Waals surface area contributed by atoms with Crippen molar-refractivity contribution in [3.05, 3.63) is 35.4 Å². The van der Waals surface area contributed by atoms with Crippen molar-refractivity contribution in [3.63, 3.8) is 0 Å². The van der Waals surface area contributed by atoms with Gasteiger partial charge in [-0.05, 0) is 62.4 Å². The molecule has 0 bridgehead atoms. The monoisotopic (exact) mass is 419 g/mol. The number of rotatable bonds is 4. The summed E-state index contributed by atoms with van der Waals surface area (Å²) in [6.07, 6.45) is 0.603. The fourth-order valence-electron chi connectivity index (χ4n) is 3.63. The average Bonchev–Trinajstić information content (AvgIpc) is 2.95. The zero-order valence-electron chi connectivity index (χ0n) is 20.1. The van der Waals surface area contributed by atoms with Crippen LogP contribution in [0.15, 0.2) is 24.3 Å². The molecule has 2 rings (SSSR count). The maximum Gasteiger partial charge on any atom is 0.410 e. The van der Waals surface area contributed by atoms with E-state index < -0.39 is 13.9 Å². The first kappa shape index (κ1) is 23.9. The molecule has 1 fully saturated rings. The average molecular weight is 420 g/mol. The van der Waals surface area contributed by atoms with Gasteiger partial charge in [-0.15, -0.1) is 0 Å². The summed E-state index contributed by atoms with van der Waals surface area (Å²) in [5, 5.41) is 0.137. The minimum Gasteiger partial charge on any atom is -0.444 e. The Hall–Kier alpha value is -1.33. The number of carbonyl (C=O) groups is 1. The van der Waals surface area contributed by atoms with Crippen molar-refractivity contribution in [2.45, 2.75) is 104 Å². The van der Waals surface area contributed by atoms with Crippen LogP contribution in [0.5, 0.6) is 0 Å². The summed E-state index contributed by atoms with van der Waals surface area (Å²) in [6.45, 7) is 22.1. The fourth-order valence-corrected chi connectivity index (χ4v) is 4.99. The van der Waals surface area contributed by atoms with Crippen LogP contribution in [0.4, 0.5) is 4.79 Å². The van der Waals surface area contributed by atoms with Gasteiger partial charge in [-0.25, -0.2) is 4.79 Å². The van der Waals surface area contributed by atoms with Crippen LogP contribution in [0.25, 0.3) is 0 Å². The van der Waals surface area contributed by atoms with Gasteiger partial charge in [0.15, 0.2) is 8.32 Å². The lowest BCUT2D eigenvalue weighted by molar-refractivity contribution is 0.0208. The molecular formula is C24H41NO3Si. The third-order valence-corrected chi connectivity index (χ3v) is 10.7. The lowest BCUT2D eigenvalue weighted by atomic mass is 9.91. The zero-order chi connectivity index (χ0) is 22.2. The quantitative estimate of drug-likeness (QED) is 0.499. The molecule has 1 aromatic rings. The molecule has 0 spiro atoms. The Morgan fingerprint density at radius 3 is 2.21 bits per heavy atom. The minimum atomic E-state index is -1.93. The van der Waals surface area contributed by atoms with Gasteiger partial charge in [0.25, 0.3) is 0 Å². The number of amides is 1. The molecular weight excluding hydrogens is 378 g/mol. The summed E-state index contributed by atoms with van der Waals surface area (Å²) in [4.78, 5) is 15.0. The Kier molecular flexibility index (Phi) is 6.95. The van der Waals surface area contributed by atoms with Crippen LogP contribution in [0, 0.1) is 0 Å². The van der Waals surface area contributed by atoms with Crippen LogP contribution in [-0.2, 0) is 9.16 Å². The Morgan fingerprint density at radius 2 is 1.69 bits per heavy atom. The van der Waals surface area contributed by atoms with Crippen molar-refractivity contribution >= 4 is 14.4 Å². The summed E-state index contributed by atoms with van der Waals surface area (Å²) in [5.74, 6) is 0.395. The maximum absolute atomic E-state index is 13.1. The summed E-state index contributed by atoms with van der Waals surface area (Å²) in [6, 6.07) is 8.46. The van der Waals surface area contributed by atoms with Gasteiger partial charge in [-0.3, -0.25) is 4.90 Å². The lowest BCUT2D eigenvalue weighted by Gasteiger charge is -2.38. The molecule has 164 valence electrons. The van der Waals surface area contributed by atoms with E-state index in [1.54, 1.807) is 0 Å². The van der Waals surface area contributed by atoms with Crippen molar-refractivity contribution in [1.82, 2.24) is 4.90 Å². The van der Waals surface area contributed by atoms with Gasteiger partial charge in [0.05, 0.1) is 12.1 Å². The minimum absolute atomic E-state index is 0.0155. The largest absolute Gasteiger partial charge is 0.444 e. The summed E-state index contributed by atoms with van der Waals surface area (Å²) < 4.78 is 12.5. The molecule has 0 radical (unpaired) electrons. The molecule has 1 saturated heterocycles. The van der Waals surface area contributed by atoms with Crippen molar-refractivity contribution < 1.29 is 14.0 Å². The lowest BCUT2D eigenvalue weighted by Crippen LogP contribution is -2.45. The van der Waals surface area contributed by atoms with Crippen LogP contribution in [0.2, 0.25) is 18.1 Å². The van der Waals surface area contributed by atoms with Gasteiger partial charge in [-0.1, -0.05) is 58.9 Å². The second-order valence-electron chi connectivity index (χ2n) is 11.2. The molecule has 5 heteroatoms. The van der Waals surface area contributed by atoms with E-state index in [0.717, 1.165) is 6.42 Å². The highest BCUT2D eigenvalue weighted by Crippen LogP contribution is 2.42. The molecule has 2 atom stereocenters. The van der Waals surface area contributed by atoms with Crippen LogP contribution in [0.1, 0.15) is 84.9 Å². The molecule has 0 N–H and O–H groups in total. The highest BCUT2D eigenvalue weighted by Gasteiger charge is 2.45. The number of benzene rings is 1. The van der Waals surface area contributed by atoms with Gasteiger partial charge in [-0.2, -0.15) is 0 Å². The Balaban J connectivity index is 2.37. The summed E-state index contributed by atoms with van der Waals surface area (Å²) >= 11 is 0. The number of likely N-dealkylation sites (tertiary alicyclic amines) is 1. The Labute approximate surface area is 179 Å². The molecule has 0 aromatic heterocycles. The van der Waals surface area contributed by atoms with Gasteiger partial charge in [0.2, 0.25) is 0 Å². The SMILES string of the molecule is CC(C)c1ccccc1[C@@H]1C[C@@H](O[Si](C)(C)C(C)(C)C)CN1C(=O)OC(C)(C)C. The summed E-state index contributed by atoms with van der Waals surface area (Å²) in [5.41, 5.74) is 1.99. The Morgan fingerprint density at radius 1 is 1.10 bits per heavy atom. The van der Waals surface area contributed by atoms with Crippen LogP contribution in [-0.4, -0.2) is 37.6 Å². The van der Waals surface area contributed by atoms with Crippen LogP contribution < -0.4 is 0 Å². The van der Waals surface area contributed by atoms with E-state index in [9.17, 15) is 4.79 Å². The van der Waals surface area contributed by atoms with Crippen molar-refractivity contribution in [3.8, 4) is 0 Å². The first-order valence-corrected chi connectivity index (χ1v) is 13.8. The third-order valence-electron chi connectivity index (χ3n) is 6.14. The number of hydrogen-bond acceptors (Lipinski definition) is 3. The molecule has 29 heavy (non-hydrogen) atoms. The van der Waals surface area contributed by atoms with E-state index in [4.69, 9.17) is 9.16 Å². The number of ether oxygens (including phenoxy) is 1. The van der Waals surface area contributed by atoms with E-state index in [1.165, 1.54) is 11.1 Å². The van der Waals surface area contributed by atoms with E-state index in [-0.39, 0.29) is 23.3 Å². The van der Waals surface area contributed by atoms with E-state index in [0.29, 0.717) is 12.5 Å². The molecule has 4 nitrogen and oxygen atoms in total. The van der Waals surface area contributed by atoms with Gasteiger partial charge < -0.3 is 9.16 Å². The van der Waals surface area contributed by atoms with Gasteiger partial charge in [0, 0.05) is 6.54 Å². The number of hydrogen-bond donors (Lipinski definition) is 0. The van der Waals surface area contributed by atoms with E-state index in [2.05, 4.69) is 72.0 Å². The molecule has 0 aliphatic carbocycles. The number of nitrogens with zero attached hydrogens (tertiary/aromatic N) is 1. The molecule has 0 saturated carbocycles. The molecule has 1 amide bonds. The van der Waals surface area contributed by atoms with Crippen LogP contribution in [0.3, 0.4) is 0 Å². The maximum atomic E-state index is 13.1.